The summed E-state index contributed by atoms with van der Waals surface area (Å²) in [6, 6.07) is 6.97. The number of rotatable bonds is 6. The first kappa shape index (κ1) is 17.9. The largest absolute Gasteiger partial charge is 0.497 e. The van der Waals surface area contributed by atoms with Gasteiger partial charge in [0.15, 0.2) is 0 Å². The number of aliphatic hydroxyl groups excluding tert-OH is 1. The summed E-state index contributed by atoms with van der Waals surface area (Å²) in [4.78, 5) is 26.7. The van der Waals surface area contributed by atoms with Crippen LogP contribution in [0.4, 0.5) is 11.6 Å². The number of methoxy groups -OCH3 is 1. The average molecular weight is 359 g/mol. The smallest absolute Gasteiger partial charge is 0.286 e. The number of hydrogen-bond acceptors (Lipinski definition) is 7. The highest BCUT2D eigenvalue weighted by molar-refractivity contribution is 5.92. The van der Waals surface area contributed by atoms with Crippen molar-refractivity contribution in [3.63, 3.8) is 0 Å². The van der Waals surface area contributed by atoms with Crippen LogP contribution in [0.2, 0.25) is 0 Å². The molecule has 2 aromatic rings. The Balaban J connectivity index is 1.88. The molecule has 1 aliphatic rings. The molecular weight excluding hydrogens is 338 g/mol. The summed E-state index contributed by atoms with van der Waals surface area (Å²) in [5.74, 6) is 0.505. The van der Waals surface area contributed by atoms with Crippen molar-refractivity contribution in [3.8, 4) is 5.75 Å². The van der Waals surface area contributed by atoms with Crippen LogP contribution in [0, 0.1) is 0 Å². The van der Waals surface area contributed by atoms with E-state index in [4.69, 9.17) is 4.74 Å². The van der Waals surface area contributed by atoms with Gasteiger partial charge in [-0.3, -0.25) is 14.2 Å². The molecule has 26 heavy (non-hydrogen) atoms. The van der Waals surface area contributed by atoms with Gasteiger partial charge in [-0.25, -0.2) is 0 Å². The second kappa shape index (κ2) is 7.52. The monoisotopic (exact) mass is 359 g/mol. The van der Waals surface area contributed by atoms with Crippen LogP contribution in [-0.2, 0) is 6.54 Å². The fourth-order valence-corrected chi connectivity index (χ4v) is 2.79. The number of benzene rings is 1. The summed E-state index contributed by atoms with van der Waals surface area (Å²) in [6.07, 6.45) is 0.549. The molecule has 0 saturated carbocycles. The van der Waals surface area contributed by atoms with E-state index in [1.165, 1.54) is 4.57 Å². The van der Waals surface area contributed by atoms with Crippen molar-refractivity contribution in [2.75, 3.05) is 25.2 Å². The molecule has 0 radical (unpaired) electrons. The first-order valence-electron chi connectivity index (χ1n) is 8.39. The molecule has 1 amide bonds. The summed E-state index contributed by atoms with van der Waals surface area (Å²) < 4.78 is 6.59. The van der Waals surface area contributed by atoms with Crippen molar-refractivity contribution in [1.29, 1.82) is 0 Å². The SMILES string of the molecule is CC[C@H](CO)NC(=O)c1nnc2n(c1=O)CCN2c1ccc(OC)cc1. The summed E-state index contributed by atoms with van der Waals surface area (Å²) in [5, 5.41) is 19.7. The van der Waals surface area contributed by atoms with Crippen LogP contribution in [-0.4, -0.2) is 52.1 Å². The normalized spacial score (nSPS) is 14.0. The zero-order chi connectivity index (χ0) is 18.7. The third-order valence-electron chi connectivity index (χ3n) is 4.36. The third-order valence-corrected chi connectivity index (χ3v) is 4.36. The molecule has 0 bridgehead atoms. The van der Waals surface area contributed by atoms with Crippen LogP contribution in [0.1, 0.15) is 23.8 Å². The first-order valence-corrected chi connectivity index (χ1v) is 8.39. The van der Waals surface area contributed by atoms with Gasteiger partial charge in [0.2, 0.25) is 11.6 Å². The van der Waals surface area contributed by atoms with Crippen molar-refractivity contribution >= 4 is 17.5 Å². The molecule has 1 atom stereocenters. The van der Waals surface area contributed by atoms with Gasteiger partial charge in [-0.2, -0.15) is 0 Å². The predicted molar refractivity (Wildman–Crippen MR) is 94.9 cm³/mol. The maximum absolute atomic E-state index is 12.6. The second-order valence-electron chi connectivity index (χ2n) is 5.92. The van der Waals surface area contributed by atoms with E-state index >= 15 is 0 Å². The Labute approximate surface area is 150 Å². The summed E-state index contributed by atoms with van der Waals surface area (Å²) in [6.45, 7) is 2.59. The van der Waals surface area contributed by atoms with Crippen LogP contribution < -0.4 is 20.5 Å². The van der Waals surface area contributed by atoms with E-state index in [9.17, 15) is 14.7 Å². The standard InChI is InChI=1S/C17H21N5O4/c1-3-11(10-23)18-15(24)14-16(25)22-9-8-21(17(22)20-19-14)12-4-6-13(26-2)7-5-12/h4-7,11,23H,3,8-10H2,1-2H3,(H,18,24)/t11-/m1/s1. The fraction of sp³-hybridized carbons (Fsp3) is 0.412. The summed E-state index contributed by atoms with van der Waals surface area (Å²) >= 11 is 0. The van der Waals surface area contributed by atoms with Gasteiger partial charge in [-0.15, -0.1) is 10.2 Å². The number of aliphatic hydroxyl groups is 1. The molecule has 0 fully saturated rings. The molecule has 3 rings (SSSR count). The highest BCUT2D eigenvalue weighted by Gasteiger charge is 2.27. The topological polar surface area (TPSA) is 110 Å². The number of fused-ring (bicyclic) bond motifs is 1. The Morgan fingerprint density at radius 1 is 1.31 bits per heavy atom. The lowest BCUT2D eigenvalue weighted by atomic mass is 10.2. The minimum atomic E-state index is -0.624. The van der Waals surface area contributed by atoms with Gasteiger partial charge < -0.3 is 20.1 Å². The van der Waals surface area contributed by atoms with Crippen molar-refractivity contribution in [1.82, 2.24) is 20.1 Å². The molecule has 0 unspecified atom stereocenters. The molecular formula is C17H21N5O4. The Morgan fingerprint density at radius 3 is 2.65 bits per heavy atom. The van der Waals surface area contributed by atoms with Gasteiger partial charge in [-0.05, 0) is 30.7 Å². The molecule has 0 aliphatic carbocycles. The number of amides is 1. The van der Waals surface area contributed by atoms with Crippen LogP contribution >= 0.6 is 0 Å². The van der Waals surface area contributed by atoms with Crippen LogP contribution in [0.5, 0.6) is 5.75 Å². The number of hydrogen-bond donors (Lipinski definition) is 2. The van der Waals surface area contributed by atoms with Crippen molar-refractivity contribution in [2.24, 2.45) is 0 Å². The lowest BCUT2D eigenvalue weighted by molar-refractivity contribution is 0.0906. The lowest BCUT2D eigenvalue weighted by Crippen LogP contribution is -2.41. The molecule has 9 heteroatoms. The van der Waals surface area contributed by atoms with Gasteiger partial charge in [0.1, 0.15) is 5.75 Å². The zero-order valence-corrected chi connectivity index (χ0v) is 14.7. The highest BCUT2D eigenvalue weighted by atomic mass is 16.5. The molecule has 1 aliphatic heterocycles. The number of aromatic nitrogens is 3. The number of carbonyl (C=O) groups is 1. The van der Waals surface area contributed by atoms with Gasteiger partial charge >= 0.3 is 0 Å². The maximum Gasteiger partial charge on any atom is 0.286 e. The maximum atomic E-state index is 12.6. The third kappa shape index (κ3) is 3.25. The van der Waals surface area contributed by atoms with Crippen molar-refractivity contribution < 1.29 is 14.6 Å². The number of ether oxygens (including phenoxy) is 1. The van der Waals surface area contributed by atoms with E-state index in [2.05, 4.69) is 15.5 Å². The number of nitrogens with one attached hydrogen (secondary N) is 1. The molecule has 9 nitrogen and oxygen atoms in total. The molecule has 1 aromatic heterocycles. The van der Waals surface area contributed by atoms with Gasteiger partial charge in [0, 0.05) is 18.8 Å². The first-order chi connectivity index (χ1) is 12.6. The predicted octanol–water partition coefficient (Wildman–Crippen LogP) is 0.299. The van der Waals surface area contributed by atoms with E-state index in [1.807, 2.05) is 36.1 Å². The Bertz CT molecular complexity index is 845. The van der Waals surface area contributed by atoms with Crippen LogP contribution in [0.15, 0.2) is 29.1 Å². The Hall–Kier alpha value is -2.94. The fourth-order valence-electron chi connectivity index (χ4n) is 2.79. The van der Waals surface area contributed by atoms with Crippen LogP contribution in [0.25, 0.3) is 0 Å². The molecule has 138 valence electrons. The number of carbonyl (C=O) groups excluding carboxylic acids is 1. The lowest BCUT2D eigenvalue weighted by Gasteiger charge is -2.17. The Kier molecular flexibility index (Phi) is 5.17. The van der Waals surface area contributed by atoms with Gasteiger partial charge in [0.25, 0.3) is 11.5 Å². The van der Waals surface area contributed by atoms with E-state index in [-0.39, 0.29) is 12.3 Å². The van der Waals surface area contributed by atoms with E-state index in [0.29, 0.717) is 25.5 Å². The highest BCUT2D eigenvalue weighted by Crippen LogP contribution is 2.28. The second-order valence-corrected chi connectivity index (χ2v) is 5.92. The van der Waals surface area contributed by atoms with E-state index in [0.717, 1.165) is 11.4 Å². The molecule has 0 saturated heterocycles. The minimum absolute atomic E-state index is 0.201. The molecule has 2 heterocycles. The minimum Gasteiger partial charge on any atom is -0.497 e. The Morgan fingerprint density at radius 2 is 2.04 bits per heavy atom. The van der Waals surface area contributed by atoms with Gasteiger partial charge in [-0.1, -0.05) is 6.92 Å². The number of anilines is 2. The molecule has 0 spiro atoms. The summed E-state index contributed by atoms with van der Waals surface area (Å²) in [7, 11) is 1.59. The molecule has 1 aromatic carbocycles. The van der Waals surface area contributed by atoms with Crippen molar-refractivity contribution in [2.45, 2.75) is 25.9 Å². The average Bonchev–Trinajstić information content (AvgIpc) is 3.11. The van der Waals surface area contributed by atoms with Crippen LogP contribution in [0.3, 0.4) is 0 Å². The summed E-state index contributed by atoms with van der Waals surface area (Å²) in [5.41, 5.74) is 0.0998. The molecule has 2 N–H and O–H groups in total. The zero-order valence-electron chi connectivity index (χ0n) is 14.7. The van der Waals surface area contributed by atoms with E-state index in [1.54, 1.807) is 7.11 Å². The quantitative estimate of drug-likeness (QED) is 0.763. The van der Waals surface area contributed by atoms with Crippen molar-refractivity contribution in [3.05, 3.63) is 40.3 Å². The van der Waals surface area contributed by atoms with E-state index < -0.39 is 17.5 Å². The number of nitrogens with zero attached hydrogens (tertiary/aromatic N) is 4. The van der Waals surface area contributed by atoms with Gasteiger partial charge in [0.05, 0.1) is 19.8 Å².